The van der Waals surface area contributed by atoms with Crippen molar-refractivity contribution in [2.45, 2.75) is 32.5 Å². The van der Waals surface area contributed by atoms with E-state index in [1.54, 1.807) is 11.8 Å². The van der Waals surface area contributed by atoms with Gasteiger partial charge in [-0.3, -0.25) is 14.3 Å². The molecule has 0 spiro atoms. The van der Waals surface area contributed by atoms with Gasteiger partial charge in [0.05, 0.1) is 38.4 Å². The third-order valence-electron chi connectivity index (χ3n) is 6.24. The summed E-state index contributed by atoms with van der Waals surface area (Å²) >= 11 is 0. The Morgan fingerprint density at radius 3 is 2.67 bits per heavy atom. The van der Waals surface area contributed by atoms with Crippen LogP contribution in [0.4, 0.5) is 0 Å². The lowest BCUT2D eigenvalue weighted by atomic mass is 10.1. The predicted octanol–water partition coefficient (Wildman–Crippen LogP) is 2.20. The highest BCUT2D eigenvalue weighted by molar-refractivity contribution is 5.79. The van der Waals surface area contributed by atoms with E-state index in [0.717, 1.165) is 22.4 Å². The Kier molecular flexibility index (Phi) is 5.92. The van der Waals surface area contributed by atoms with Gasteiger partial charge in [-0.1, -0.05) is 36.4 Å². The Balaban J connectivity index is 1.40. The average Bonchev–Trinajstić information content (AvgIpc) is 3.40. The van der Waals surface area contributed by atoms with Gasteiger partial charge in [0.2, 0.25) is 12.7 Å². The first-order chi connectivity index (χ1) is 16.1. The second-order valence-electron chi connectivity index (χ2n) is 8.32. The number of methoxy groups -OCH3 is 1. The fourth-order valence-corrected chi connectivity index (χ4v) is 4.51. The third-order valence-corrected chi connectivity index (χ3v) is 6.24. The van der Waals surface area contributed by atoms with E-state index in [0.29, 0.717) is 50.7 Å². The molecule has 3 aromatic rings. The summed E-state index contributed by atoms with van der Waals surface area (Å²) in [5.74, 6) is 1.41. The van der Waals surface area contributed by atoms with E-state index in [1.165, 1.54) is 0 Å². The number of rotatable bonds is 7. The minimum atomic E-state index is 0.0147. The molecule has 0 unspecified atom stereocenters. The van der Waals surface area contributed by atoms with Crippen molar-refractivity contribution < 1.29 is 19.0 Å². The lowest BCUT2D eigenvalue weighted by molar-refractivity contribution is -0.131. The van der Waals surface area contributed by atoms with Crippen molar-refractivity contribution >= 4 is 5.91 Å². The highest BCUT2D eigenvalue weighted by Crippen LogP contribution is 2.32. The molecule has 33 heavy (non-hydrogen) atoms. The smallest absolute Gasteiger partial charge is 0.270 e. The van der Waals surface area contributed by atoms with Gasteiger partial charge in [-0.05, 0) is 29.7 Å². The quantitative estimate of drug-likeness (QED) is 0.553. The lowest BCUT2D eigenvalue weighted by Crippen LogP contribution is -2.38. The topological polar surface area (TPSA) is 74.9 Å². The minimum Gasteiger partial charge on any atom is -0.454 e. The van der Waals surface area contributed by atoms with Gasteiger partial charge in [0.15, 0.2) is 11.5 Å². The molecule has 1 aromatic heterocycles. The van der Waals surface area contributed by atoms with E-state index in [-0.39, 0.29) is 24.7 Å². The fourth-order valence-electron chi connectivity index (χ4n) is 4.51. The van der Waals surface area contributed by atoms with Crippen molar-refractivity contribution in [3.05, 3.63) is 81.3 Å². The summed E-state index contributed by atoms with van der Waals surface area (Å²) in [6, 6.07) is 15.6. The first-order valence-electron chi connectivity index (χ1n) is 11.1. The number of amides is 1. The van der Waals surface area contributed by atoms with Crippen LogP contribution in [-0.4, -0.2) is 47.2 Å². The van der Waals surface area contributed by atoms with Crippen molar-refractivity contribution in [1.29, 1.82) is 0 Å². The maximum atomic E-state index is 13.2. The Morgan fingerprint density at radius 2 is 1.85 bits per heavy atom. The summed E-state index contributed by atoms with van der Waals surface area (Å²) in [6.45, 7) is 2.65. The van der Waals surface area contributed by atoms with E-state index in [2.05, 4.69) is 0 Å². The van der Waals surface area contributed by atoms with Gasteiger partial charge in [0.25, 0.3) is 5.56 Å². The number of hydrogen-bond acceptors (Lipinski definition) is 5. The molecule has 5 rings (SSSR count). The standard InChI is InChI=1S/C25H27N3O5/c1-31-12-11-27-25(30)20-9-10-26(16-21(20)28(27)15-18-5-3-2-4-6-18)24(29)14-19-7-8-22-23(13-19)33-17-32-22/h2-8,13H,9-12,14-17H2,1H3. The van der Waals surface area contributed by atoms with E-state index in [9.17, 15) is 9.59 Å². The minimum absolute atomic E-state index is 0.0147. The van der Waals surface area contributed by atoms with Crippen molar-refractivity contribution in [2.24, 2.45) is 0 Å². The first kappa shape index (κ1) is 21.3. The van der Waals surface area contributed by atoms with Gasteiger partial charge >= 0.3 is 0 Å². The number of hydrogen-bond donors (Lipinski definition) is 0. The normalized spacial score (nSPS) is 14.4. The number of carbonyl (C=O) groups is 1. The monoisotopic (exact) mass is 449 g/mol. The van der Waals surface area contributed by atoms with Crippen LogP contribution in [0.2, 0.25) is 0 Å². The summed E-state index contributed by atoms with van der Waals surface area (Å²) in [5, 5.41) is 0. The van der Waals surface area contributed by atoms with Crippen molar-refractivity contribution in [3.63, 3.8) is 0 Å². The lowest BCUT2D eigenvalue weighted by Gasteiger charge is -2.28. The van der Waals surface area contributed by atoms with Crippen LogP contribution in [0.1, 0.15) is 22.4 Å². The predicted molar refractivity (Wildman–Crippen MR) is 122 cm³/mol. The molecule has 0 bridgehead atoms. The zero-order chi connectivity index (χ0) is 22.8. The summed E-state index contributed by atoms with van der Waals surface area (Å²) in [6.07, 6.45) is 0.828. The molecule has 3 heterocycles. The van der Waals surface area contributed by atoms with E-state index in [4.69, 9.17) is 14.2 Å². The van der Waals surface area contributed by atoms with Crippen LogP contribution in [-0.2, 0) is 42.0 Å². The Bertz CT molecular complexity index is 1210. The molecule has 2 aliphatic heterocycles. The van der Waals surface area contributed by atoms with Gasteiger partial charge in [0, 0.05) is 19.2 Å². The van der Waals surface area contributed by atoms with Crippen LogP contribution in [0.15, 0.2) is 53.3 Å². The molecular weight excluding hydrogens is 422 g/mol. The molecule has 1 amide bonds. The Hall–Kier alpha value is -3.52. The molecular formula is C25H27N3O5. The molecule has 172 valence electrons. The molecule has 0 aliphatic carbocycles. The number of benzene rings is 2. The van der Waals surface area contributed by atoms with Gasteiger partial charge in [-0.15, -0.1) is 0 Å². The Morgan fingerprint density at radius 1 is 1.03 bits per heavy atom. The second-order valence-corrected chi connectivity index (χ2v) is 8.32. The molecule has 2 aliphatic rings. The van der Waals surface area contributed by atoms with Crippen molar-refractivity contribution in [3.8, 4) is 11.5 Å². The van der Waals surface area contributed by atoms with Gasteiger partial charge < -0.3 is 19.1 Å². The van der Waals surface area contributed by atoms with E-state index < -0.39 is 0 Å². The molecule has 2 aromatic carbocycles. The van der Waals surface area contributed by atoms with E-state index in [1.807, 2.05) is 58.1 Å². The zero-order valence-electron chi connectivity index (χ0n) is 18.7. The highest BCUT2D eigenvalue weighted by atomic mass is 16.7. The highest BCUT2D eigenvalue weighted by Gasteiger charge is 2.29. The molecule has 0 fully saturated rings. The maximum absolute atomic E-state index is 13.2. The number of ether oxygens (including phenoxy) is 3. The third kappa shape index (κ3) is 4.26. The van der Waals surface area contributed by atoms with Crippen molar-refractivity contribution in [2.75, 3.05) is 27.1 Å². The number of fused-ring (bicyclic) bond motifs is 2. The zero-order valence-corrected chi connectivity index (χ0v) is 18.7. The first-order valence-corrected chi connectivity index (χ1v) is 11.1. The molecule has 0 N–H and O–H groups in total. The molecule has 0 atom stereocenters. The van der Waals surface area contributed by atoms with Crippen LogP contribution in [0, 0.1) is 0 Å². The van der Waals surface area contributed by atoms with Crippen LogP contribution >= 0.6 is 0 Å². The molecule has 8 nitrogen and oxygen atoms in total. The van der Waals surface area contributed by atoms with Gasteiger partial charge in [-0.25, -0.2) is 4.68 Å². The molecule has 0 saturated carbocycles. The SMILES string of the molecule is COCCn1c(=O)c2c(n1Cc1ccccc1)CN(C(=O)Cc1ccc3c(c1)OCO3)CC2. The van der Waals surface area contributed by atoms with Gasteiger partial charge in [0.1, 0.15) is 0 Å². The van der Waals surface area contributed by atoms with E-state index >= 15 is 0 Å². The average molecular weight is 450 g/mol. The summed E-state index contributed by atoms with van der Waals surface area (Å²) in [7, 11) is 1.63. The molecule has 8 heteroatoms. The number of aromatic nitrogens is 2. The fraction of sp³-hybridized carbons (Fsp3) is 0.360. The summed E-state index contributed by atoms with van der Waals surface area (Å²) < 4.78 is 19.8. The molecule has 0 radical (unpaired) electrons. The number of carbonyl (C=O) groups excluding carboxylic acids is 1. The maximum Gasteiger partial charge on any atom is 0.270 e. The van der Waals surface area contributed by atoms with Crippen LogP contribution in [0.5, 0.6) is 11.5 Å². The number of nitrogens with zero attached hydrogens (tertiary/aromatic N) is 3. The Labute approximate surface area is 191 Å². The van der Waals surface area contributed by atoms with Crippen LogP contribution in [0.3, 0.4) is 0 Å². The van der Waals surface area contributed by atoms with Crippen LogP contribution in [0.25, 0.3) is 0 Å². The summed E-state index contributed by atoms with van der Waals surface area (Å²) in [5.41, 5.74) is 3.71. The van der Waals surface area contributed by atoms with Crippen LogP contribution < -0.4 is 15.0 Å². The second kappa shape index (κ2) is 9.15. The summed E-state index contributed by atoms with van der Waals surface area (Å²) in [4.78, 5) is 28.2. The van der Waals surface area contributed by atoms with Crippen molar-refractivity contribution in [1.82, 2.24) is 14.3 Å². The van der Waals surface area contributed by atoms with Gasteiger partial charge in [-0.2, -0.15) is 0 Å². The largest absolute Gasteiger partial charge is 0.454 e. The molecule has 0 saturated heterocycles.